The molecule has 0 amide bonds. The van der Waals surface area contributed by atoms with E-state index in [0.29, 0.717) is 0 Å². The van der Waals surface area contributed by atoms with Crippen molar-refractivity contribution in [2.75, 3.05) is 13.2 Å². The van der Waals surface area contributed by atoms with Crippen molar-refractivity contribution in [2.45, 2.75) is 55.2 Å². The lowest BCUT2D eigenvalue weighted by molar-refractivity contribution is 0.126. The van der Waals surface area contributed by atoms with E-state index in [1.165, 1.54) is 41.0 Å². The number of ether oxygens (including phenoxy) is 1. The fourth-order valence-corrected chi connectivity index (χ4v) is 3.28. The molecular weight excluding hydrogens is 300 g/mol. The van der Waals surface area contributed by atoms with Crippen molar-refractivity contribution in [1.82, 2.24) is 0 Å². The quantitative estimate of drug-likeness (QED) is 0.443. The van der Waals surface area contributed by atoms with E-state index in [1.54, 1.807) is 0 Å². The van der Waals surface area contributed by atoms with E-state index in [0.717, 1.165) is 26.1 Å². The molecule has 2 aromatic carbocycles. The molecule has 23 heavy (non-hydrogen) atoms. The van der Waals surface area contributed by atoms with Gasteiger partial charge in [-0.3, -0.25) is 0 Å². The van der Waals surface area contributed by atoms with Crippen LogP contribution >= 0.6 is 11.8 Å². The Kier molecular flexibility index (Phi) is 8.90. The van der Waals surface area contributed by atoms with Crippen LogP contribution in [0.1, 0.15) is 44.6 Å². The topological polar surface area (TPSA) is 9.23 Å². The highest BCUT2D eigenvalue weighted by atomic mass is 32.2. The van der Waals surface area contributed by atoms with Crippen LogP contribution in [-0.4, -0.2) is 13.2 Å². The van der Waals surface area contributed by atoms with E-state index < -0.39 is 0 Å². The summed E-state index contributed by atoms with van der Waals surface area (Å²) in [5, 5.41) is 0. The van der Waals surface area contributed by atoms with Gasteiger partial charge in [0, 0.05) is 23.0 Å². The highest BCUT2D eigenvalue weighted by Gasteiger charge is 1.98. The number of hydrogen-bond donors (Lipinski definition) is 0. The summed E-state index contributed by atoms with van der Waals surface area (Å²) in [5.74, 6) is 0. The second-order valence-corrected chi connectivity index (χ2v) is 6.98. The first-order valence-electron chi connectivity index (χ1n) is 8.78. The molecule has 0 fully saturated rings. The first-order chi connectivity index (χ1) is 11.4. The third kappa shape index (κ3) is 7.71. The standard InChI is InChI=1S/C21H28OS/c1-2-3-8-17-22-18-9-7-10-19-13-15-21(16-14-19)23-20-11-5-4-6-12-20/h4-6,11-16H,2-3,7-10,17-18H2,1H3. The number of hydrogen-bond acceptors (Lipinski definition) is 2. The van der Waals surface area contributed by atoms with Gasteiger partial charge in [-0.05, 0) is 55.5 Å². The Morgan fingerprint density at radius 2 is 1.39 bits per heavy atom. The van der Waals surface area contributed by atoms with Crippen molar-refractivity contribution >= 4 is 11.8 Å². The lowest BCUT2D eigenvalue weighted by Crippen LogP contribution is -1.97. The maximum Gasteiger partial charge on any atom is 0.0466 e. The molecule has 0 aliphatic heterocycles. The molecule has 0 aliphatic rings. The molecule has 0 N–H and O–H groups in total. The van der Waals surface area contributed by atoms with Crippen molar-refractivity contribution in [1.29, 1.82) is 0 Å². The third-order valence-electron chi connectivity index (χ3n) is 3.80. The number of aryl methyl sites for hydroxylation is 1. The second kappa shape index (κ2) is 11.3. The average Bonchev–Trinajstić information content (AvgIpc) is 2.60. The molecular formula is C21H28OS. The molecule has 0 radical (unpaired) electrons. The molecule has 0 spiro atoms. The summed E-state index contributed by atoms with van der Waals surface area (Å²) >= 11 is 1.82. The van der Waals surface area contributed by atoms with Crippen LogP contribution in [0.2, 0.25) is 0 Å². The van der Waals surface area contributed by atoms with Gasteiger partial charge in [0.15, 0.2) is 0 Å². The minimum Gasteiger partial charge on any atom is -0.381 e. The lowest BCUT2D eigenvalue weighted by Gasteiger charge is -2.06. The fourth-order valence-electron chi connectivity index (χ4n) is 2.44. The van der Waals surface area contributed by atoms with Crippen LogP contribution in [0.25, 0.3) is 0 Å². The van der Waals surface area contributed by atoms with Crippen LogP contribution in [0.5, 0.6) is 0 Å². The molecule has 2 rings (SSSR count). The molecule has 0 aliphatic carbocycles. The van der Waals surface area contributed by atoms with Gasteiger partial charge >= 0.3 is 0 Å². The van der Waals surface area contributed by atoms with Gasteiger partial charge < -0.3 is 4.74 Å². The van der Waals surface area contributed by atoms with E-state index in [1.807, 2.05) is 11.8 Å². The number of benzene rings is 2. The largest absolute Gasteiger partial charge is 0.381 e. The van der Waals surface area contributed by atoms with Crippen LogP contribution in [0, 0.1) is 0 Å². The zero-order chi connectivity index (χ0) is 16.2. The Hall–Kier alpha value is -1.25. The lowest BCUT2D eigenvalue weighted by atomic mass is 10.1. The maximum atomic E-state index is 5.66. The first-order valence-corrected chi connectivity index (χ1v) is 9.59. The Labute approximate surface area is 145 Å². The SMILES string of the molecule is CCCCCOCCCCc1ccc(Sc2ccccc2)cc1. The van der Waals surface area contributed by atoms with Crippen LogP contribution in [0.15, 0.2) is 64.4 Å². The van der Waals surface area contributed by atoms with Gasteiger partial charge in [-0.2, -0.15) is 0 Å². The Morgan fingerprint density at radius 3 is 2.09 bits per heavy atom. The molecule has 2 aromatic rings. The molecule has 124 valence electrons. The molecule has 0 heterocycles. The third-order valence-corrected chi connectivity index (χ3v) is 4.81. The average molecular weight is 329 g/mol. The smallest absolute Gasteiger partial charge is 0.0466 e. The summed E-state index contributed by atoms with van der Waals surface area (Å²) in [6.45, 7) is 4.06. The van der Waals surface area contributed by atoms with Crippen LogP contribution in [-0.2, 0) is 11.2 Å². The summed E-state index contributed by atoms with van der Waals surface area (Å²) in [6.07, 6.45) is 7.27. The monoisotopic (exact) mass is 328 g/mol. The number of rotatable bonds is 11. The van der Waals surface area contributed by atoms with Gasteiger partial charge in [-0.15, -0.1) is 0 Å². The second-order valence-electron chi connectivity index (χ2n) is 5.84. The van der Waals surface area contributed by atoms with Gasteiger partial charge in [0.1, 0.15) is 0 Å². The van der Waals surface area contributed by atoms with Crippen molar-refractivity contribution in [3.63, 3.8) is 0 Å². The summed E-state index contributed by atoms with van der Waals surface area (Å²) in [7, 11) is 0. The Morgan fingerprint density at radius 1 is 0.739 bits per heavy atom. The molecule has 1 nitrogen and oxygen atoms in total. The molecule has 0 unspecified atom stereocenters. The highest BCUT2D eigenvalue weighted by Crippen LogP contribution is 2.27. The van der Waals surface area contributed by atoms with Gasteiger partial charge in [-0.1, -0.05) is 61.9 Å². The molecule has 0 aromatic heterocycles. The van der Waals surface area contributed by atoms with E-state index in [4.69, 9.17) is 4.74 Å². The van der Waals surface area contributed by atoms with Crippen molar-refractivity contribution < 1.29 is 4.74 Å². The van der Waals surface area contributed by atoms with Gasteiger partial charge in [0.05, 0.1) is 0 Å². The molecule has 0 atom stereocenters. The maximum absolute atomic E-state index is 5.66. The summed E-state index contributed by atoms with van der Waals surface area (Å²) in [5.41, 5.74) is 1.42. The summed E-state index contributed by atoms with van der Waals surface area (Å²) in [6, 6.07) is 19.5. The molecule has 0 saturated heterocycles. The first kappa shape index (κ1) is 18.1. The van der Waals surface area contributed by atoms with Crippen LogP contribution in [0.3, 0.4) is 0 Å². The minimum absolute atomic E-state index is 0.908. The Balaban J connectivity index is 1.61. The van der Waals surface area contributed by atoms with Crippen LogP contribution in [0.4, 0.5) is 0 Å². The Bertz CT molecular complexity index is 521. The normalized spacial score (nSPS) is 10.8. The van der Waals surface area contributed by atoms with E-state index >= 15 is 0 Å². The van der Waals surface area contributed by atoms with E-state index in [2.05, 4.69) is 61.5 Å². The molecule has 2 heteroatoms. The number of unbranched alkanes of at least 4 members (excludes halogenated alkanes) is 3. The molecule has 0 bridgehead atoms. The zero-order valence-electron chi connectivity index (χ0n) is 14.2. The minimum atomic E-state index is 0.908. The van der Waals surface area contributed by atoms with Gasteiger partial charge in [-0.25, -0.2) is 0 Å². The van der Waals surface area contributed by atoms with Gasteiger partial charge in [0.2, 0.25) is 0 Å². The zero-order valence-corrected chi connectivity index (χ0v) is 15.0. The molecule has 0 saturated carbocycles. The highest BCUT2D eigenvalue weighted by molar-refractivity contribution is 7.99. The van der Waals surface area contributed by atoms with E-state index in [-0.39, 0.29) is 0 Å². The van der Waals surface area contributed by atoms with Crippen molar-refractivity contribution in [3.8, 4) is 0 Å². The summed E-state index contributed by atoms with van der Waals surface area (Å²) < 4.78 is 5.66. The fraction of sp³-hybridized carbons (Fsp3) is 0.429. The predicted octanol–water partition coefficient (Wildman–Crippen LogP) is 6.37. The van der Waals surface area contributed by atoms with E-state index in [9.17, 15) is 0 Å². The summed E-state index contributed by atoms with van der Waals surface area (Å²) in [4.78, 5) is 2.60. The van der Waals surface area contributed by atoms with Gasteiger partial charge in [0.25, 0.3) is 0 Å². The van der Waals surface area contributed by atoms with Crippen LogP contribution < -0.4 is 0 Å². The van der Waals surface area contributed by atoms with Crippen molar-refractivity contribution in [2.24, 2.45) is 0 Å². The predicted molar refractivity (Wildman–Crippen MR) is 100 cm³/mol. The van der Waals surface area contributed by atoms with Crippen molar-refractivity contribution in [3.05, 3.63) is 60.2 Å².